The minimum atomic E-state index is -0.169. The van der Waals surface area contributed by atoms with E-state index in [9.17, 15) is 4.79 Å². The van der Waals surface area contributed by atoms with Gasteiger partial charge in [0.25, 0.3) is 5.56 Å². The Labute approximate surface area is 193 Å². The van der Waals surface area contributed by atoms with Crippen LogP contribution < -0.4 is 5.56 Å². The molecule has 0 fully saturated rings. The summed E-state index contributed by atoms with van der Waals surface area (Å²) in [6, 6.07) is 12.8. The summed E-state index contributed by atoms with van der Waals surface area (Å²) in [5.74, 6) is 0.660. The molecule has 0 aliphatic heterocycles. The molecule has 0 aliphatic carbocycles. The summed E-state index contributed by atoms with van der Waals surface area (Å²) in [4.78, 5) is 28.2. The van der Waals surface area contributed by atoms with Crippen molar-refractivity contribution in [2.24, 2.45) is 0 Å². The van der Waals surface area contributed by atoms with Crippen LogP contribution in [-0.4, -0.2) is 37.8 Å². The van der Waals surface area contributed by atoms with Crippen LogP contribution in [0, 0.1) is 0 Å². The highest BCUT2D eigenvalue weighted by Gasteiger charge is 2.23. The molecular formula is C23H19Cl2N5O2. The van der Waals surface area contributed by atoms with Gasteiger partial charge in [-0.3, -0.25) is 13.9 Å². The van der Waals surface area contributed by atoms with Crippen LogP contribution in [0.25, 0.3) is 38.9 Å². The maximum Gasteiger partial charge on any atom is 0.265 e. The molecule has 0 unspecified atom stereocenters. The summed E-state index contributed by atoms with van der Waals surface area (Å²) in [7, 11) is 1.61. The molecule has 2 aromatic carbocycles. The second-order valence-electron chi connectivity index (χ2n) is 7.35. The Morgan fingerprint density at radius 1 is 0.969 bits per heavy atom. The maximum atomic E-state index is 13.7. The lowest BCUT2D eigenvalue weighted by molar-refractivity contribution is 0.185. The van der Waals surface area contributed by atoms with Gasteiger partial charge in [-0.2, -0.15) is 0 Å². The van der Waals surface area contributed by atoms with Crippen LogP contribution in [0.2, 0.25) is 10.0 Å². The van der Waals surface area contributed by atoms with E-state index < -0.39 is 0 Å². The second kappa shape index (κ2) is 8.16. The molecule has 3 heterocycles. The third-order valence-electron chi connectivity index (χ3n) is 5.44. The second-order valence-corrected chi connectivity index (χ2v) is 8.16. The van der Waals surface area contributed by atoms with E-state index in [2.05, 4.69) is 0 Å². The van der Waals surface area contributed by atoms with Crippen molar-refractivity contribution in [3.63, 3.8) is 0 Å². The monoisotopic (exact) mass is 467 g/mol. The van der Waals surface area contributed by atoms with E-state index in [4.69, 9.17) is 42.9 Å². The fourth-order valence-electron chi connectivity index (χ4n) is 3.92. The zero-order valence-corrected chi connectivity index (χ0v) is 19.0. The van der Waals surface area contributed by atoms with Crippen molar-refractivity contribution >= 4 is 56.4 Å². The molecule has 0 N–H and O–H groups in total. The summed E-state index contributed by atoms with van der Waals surface area (Å²) in [5.41, 5.74) is 3.48. The molecule has 0 bridgehead atoms. The molecule has 0 amide bonds. The molecule has 0 radical (unpaired) electrons. The largest absolute Gasteiger partial charge is 0.383 e. The first-order valence-electron chi connectivity index (χ1n) is 10.2. The maximum absolute atomic E-state index is 13.7. The van der Waals surface area contributed by atoms with Crippen molar-refractivity contribution < 1.29 is 4.74 Å². The average molecular weight is 468 g/mol. The predicted molar refractivity (Wildman–Crippen MR) is 127 cm³/mol. The lowest BCUT2D eigenvalue weighted by Crippen LogP contribution is -2.27. The molecule has 0 spiro atoms. The zero-order valence-electron chi connectivity index (χ0n) is 17.5. The van der Waals surface area contributed by atoms with Crippen LogP contribution in [-0.2, 0) is 17.7 Å². The first-order chi connectivity index (χ1) is 15.5. The van der Waals surface area contributed by atoms with Gasteiger partial charge in [-0.05, 0) is 30.3 Å². The minimum Gasteiger partial charge on any atom is -0.383 e. The number of hydrogen-bond acceptors (Lipinski definition) is 5. The Balaban J connectivity index is 1.97. The first-order valence-corrected chi connectivity index (χ1v) is 10.9. The van der Waals surface area contributed by atoms with Gasteiger partial charge in [0.05, 0.1) is 39.9 Å². The summed E-state index contributed by atoms with van der Waals surface area (Å²) in [6.45, 7) is 2.77. The number of hydrogen-bond donors (Lipinski definition) is 0. The highest BCUT2D eigenvalue weighted by Crippen LogP contribution is 2.31. The normalized spacial score (nSPS) is 11.8. The third kappa shape index (κ3) is 3.24. The topological polar surface area (TPSA) is 74.8 Å². The molecule has 162 valence electrons. The molecule has 0 saturated carbocycles. The van der Waals surface area contributed by atoms with E-state index >= 15 is 0 Å². The van der Waals surface area contributed by atoms with E-state index in [0.29, 0.717) is 68.8 Å². The van der Waals surface area contributed by atoms with Crippen molar-refractivity contribution in [3.8, 4) is 5.69 Å². The van der Waals surface area contributed by atoms with Crippen LogP contribution in [0.3, 0.4) is 0 Å². The molecule has 0 aliphatic rings. The molecule has 0 saturated heterocycles. The van der Waals surface area contributed by atoms with Crippen LogP contribution >= 0.6 is 23.2 Å². The number of ether oxygens (including phenoxy) is 1. The van der Waals surface area contributed by atoms with Gasteiger partial charge in [-0.1, -0.05) is 42.3 Å². The van der Waals surface area contributed by atoms with Crippen molar-refractivity contribution in [1.29, 1.82) is 0 Å². The average Bonchev–Trinajstić information content (AvgIpc) is 3.11. The quantitative estimate of drug-likeness (QED) is 0.371. The zero-order chi connectivity index (χ0) is 22.4. The van der Waals surface area contributed by atoms with Crippen LogP contribution in [0.5, 0.6) is 0 Å². The van der Waals surface area contributed by atoms with Crippen molar-refractivity contribution in [2.75, 3.05) is 13.7 Å². The third-order valence-corrected chi connectivity index (χ3v) is 6.18. The molecule has 7 nitrogen and oxygen atoms in total. The number of para-hydroxylation sites is 2. The van der Waals surface area contributed by atoms with Gasteiger partial charge in [0, 0.05) is 13.5 Å². The number of aryl methyl sites for hydroxylation is 1. The standard InChI is InChI=1S/C23H19Cl2N5O2/c1-3-18-28-21-19(23(31)29(18)10-11-32-2)20-22(27-17-7-5-4-6-16(17)26-20)30(21)13-8-9-14(24)15(25)12-13/h4-9,12H,3,10-11H2,1-2H3. The van der Waals surface area contributed by atoms with Crippen molar-refractivity contribution in [3.05, 3.63) is 68.7 Å². The minimum absolute atomic E-state index is 0.169. The fraction of sp³-hybridized carbons (Fsp3) is 0.217. The Morgan fingerprint density at radius 2 is 1.72 bits per heavy atom. The number of benzene rings is 2. The van der Waals surface area contributed by atoms with E-state index in [1.54, 1.807) is 23.8 Å². The number of rotatable bonds is 5. The summed E-state index contributed by atoms with van der Waals surface area (Å²) in [5, 5.41) is 1.26. The molecular weight excluding hydrogens is 449 g/mol. The van der Waals surface area contributed by atoms with Crippen LogP contribution in [0.4, 0.5) is 0 Å². The Hall–Kier alpha value is -3.00. The highest BCUT2D eigenvalue weighted by atomic mass is 35.5. The van der Waals surface area contributed by atoms with E-state index in [0.717, 1.165) is 5.52 Å². The molecule has 3 aromatic heterocycles. The fourth-order valence-corrected chi connectivity index (χ4v) is 4.21. The van der Waals surface area contributed by atoms with Crippen LogP contribution in [0.15, 0.2) is 47.3 Å². The number of nitrogens with zero attached hydrogens (tertiary/aromatic N) is 5. The number of halogens is 2. The van der Waals surface area contributed by atoms with Gasteiger partial charge in [0.15, 0.2) is 11.3 Å². The Kier molecular flexibility index (Phi) is 5.33. The van der Waals surface area contributed by atoms with Crippen molar-refractivity contribution in [1.82, 2.24) is 24.1 Å². The smallest absolute Gasteiger partial charge is 0.265 e. The van der Waals surface area contributed by atoms with Gasteiger partial charge < -0.3 is 4.74 Å². The molecule has 5 aromatic rings. The summed E-state index contributed by atoms with van der Waals surface area (Å²) >= 11 is 12.5. The van der Waals surface area contributed by atoms with Crippen LogP contribution in [0.1, 0.15) is 12.7 Å². The summed E-state index contributed by atoms with van der Waals surface area (Å²) < 4.78 is 8.69. The van der Waals surface area contributed by atoms with Gasteiger partial charge in [-0.25, -0.2) is 15.0 Å². The summed E-state index contributed by atoms with van der Waals surface area (Å²) in [6.07, 6.45) is 0.584. The highest BCUT2D eigenvalue weighted by molar-refractivity contribution is 6.42. The number of fused-ring (bicyclic) bond motifs is 4. The number of aromatic nitrogens is 5. The Morgan fingerprint density at radius 3 is 2.41 bits per heavy atom. The predicted octanol–water partition coefficient (Wildman–Crippen LogP) is 4.80. The SMILES string of the molecule is CCc1nc2c(c(=O)n1CCOC)c1nc3ccccc3nc1n2-c1ccc(Cl)c(Cl)c1. The van der Waals surface area contributed by atoms with Gasteiger partial charge >= 0.3 is 0 Å². The van der Waals surface area contributed by atoms with E-state index in [1.807, 2.05) is 41.8 Å². The first kappa shape index (κ1) is 20.9. The van der Waals surface area contributed by atoms with Gasteiger partial charge in [-0.15, -0.1) is 0 Å². The van der Waals surface area contributed by atoms with Gasteiger partial charge in [0.1, 0.15) is 16.7 Å². The van der Waals surface area contributed by atoms with Crippen molar-refractivity contribution in [2.45, 2.75) is 19.9 Å². The van der Waals surface area contributed by atoms with E-state index in [-0.39, 0.29) is 5.56 Å². The van der Waals surface area contributed by atoms with Gasteiger partial charge in [0.2, 0.25) is 0 Å². The molecule has 9 heteroatoms. The lowest BCUT2D eigenvalue weighted by atomic mass is 10.3. The molecule has 32 heavy (non-hydrogen) atoms. The Bertz CT molecular complexity index is 1560. The molecule has 5 rings (SSSR count). The van der Waals surface area contributed by atoms with E-state index in [1.165, 1.54) is 0 Å². The molecule has 0 atom stereocenters. The lowest BCUT2D eigenvalue weighted by Gasteiger charge is -2.12. The number of methoxy groups -OCH3 is 1.